The quantitative estimate of drug-likeness (QED) is 0.590. The van der Waals surface area contributed by atoms with Crippen molar-refractivity contribution in [2.24, 2.45) is 0 Å². The molecule has 0 saturated heterocycles. The second kappa shape index (κ2) is 9.59. The van der Waals surface area contributed by atoms with Crippen LogP contribution in [0.25, 0.3) is 11.8 Å². The van der Waals surface area contributed by atoms with E-state index in [9.17, 15) is 4.79 Å². The summed E-state index contributed by atoms with van der Waals surface area (Å²) in [7, 11) is 1.60. The molecule has 3 aromatic rings. The van der Waals surface area contributed by atoms with Crippen LogP contribution in [-0.4, -0.2) is 28.9 Å². The van der Waals surface area contributed by atoms with Crippen LogP contribution in [-0.2, 0) is 11.3 Å². The summed E-state index contributed by atoms with van der Waals surface area (Å²) in [4.78, 5) is 12.3. The van der Waals surface area contributed by atoms with Crippen molar-refractivity contribution in [1.82, 2.24) is 15.1 Å². The minimum atomic E-state index is -0.179. The van der Waals surface area contributed by atoms with Gasteiger partial charge in [-0.1, -0.05) is 24.3 Å². The first-order chi connectivity index (χ1) is 14.1. The van der Waals surface area contributed by atoms with Crippen molar-refractivity contribution < 1.29 is 14.3 Å². The lowest BCUT2D eigenvalue weighted by molar-refractivity contribution is -0.116. The maximum Gasteiger partial charge on any atom is 0.244 e. The number of amides is 1. The van der Waals surface area contributed by atoms with Crippen molar-refractivity contribution in [2.45, 2.75) is 26.5 Å². The van der Waals surface area contributed by atoms with Gasteiger partial charge in [0, 0.05) is 25.0 Å². The fourth-order valence-corrected chi connectivity index (χ4v) is 2.85. The molecule has 0 saturated carbocycles. The molecule has 1 amide bonds. The van der Waals surface area contributed by atoms with Crippen molar-refractivity contribution in [3.8, 4) is 17.2 Å². The van der Waals surface area contributed by atoms with Crippen LogP contribution < -0.4 is 14.8 Å². The summed E-state index contributed by atoms with van der Waals surface area (Å²) >= 11 is 0. The van der Waals surface area contributed by atoms with E-state index in [1.54, 1.807) is 24.1 Å². The Morgan fingerprint density at radius 2 is 2.00 bits per heavy atom. The summed E-state index contributed by atoms with van der Waals surface area (Å²) in [6.45, 7) is 4.33. The zero-order valence-corrected chi connectivity index (χ0v) is 16.8. The van der Waals surface area contributed by atoms with E-state index in [0.717, 1.165) is 16.8 Å². The molecule has 2 aromatic carbocycles. The summed E-state index contributed by atoms with van der Waals surface area (Å²) in [5, 5.41) is 7.17. The van der Waals surface area contributed by atoms with Gasteiger partial charge in [-0.25, -0.2) is 4.68 Å². The third-order valence-corrected chi connectivity index (χ3v) is 4.17. The van der Waals surface area contributed by atoms with E-state index in [0.29, 0.717) is 18.0 Å². The van der Waals surface area contributed by atoms with E-state index in [2.05, 4.69) is 10.4 Å². The number of carbonyl (C=O) groups excluding carboxylic acids is 1. The molecule has 1 aromatic heterocycles. The van der Waals surface area contributed by atoms with Gasteiger partial charge >= 0.3 is 0 Å². The van der Waals surface area contributed by atoms with Gasteiger partial charge in [-0.15, -0.1) is 0 Å². The minimum Gasteiger partial charge on any atom is -0.493 e. The van der Waals surface area contributed by atoms with Gasteiger partial charge in [0.05, 0.1) is 18.9 Å². The Kier molecular flexibility index (Phi) is 6.68. The highest BCUT2D eigenvalue weighted by Gasteiger charge is 2.08. The van der Waals surface area contributed by atoms with Gasteiger partial charge < -0.3 is 14.8 Å². The second-order valence-electron chi connectivity index (χ2n) is 6.71. The van der Waals surface area contributed by atoms with Gasteiger partial charge in [0.2, 0.25) is 5.91 Å². The molecule has 0 aliphatic carbocycles. The summed E-state index contributed by atoms with van der Waals surface area (Å²) in [5.74, 6) is 1.13. The number of aromatic nitrogens is 2. The maximum absolute atomic E-state index is 12.3. The lowest BCUT2D eigenvalue weighted by Gasteiger charge is -2.13. The van der Waals surface area contributed by atoms with Crippen molar-refractivity contribution in [2.75, 3.05) is 7.11 Å². The van der Waals surface area contributed by atoms with E-state index in [1.807, 2.05) is 68.6 Å². The molecule has 29 heavy (non-hydrogen) atoms. The van der Waals surface area contributed by atoms with E-state index < -0.39 is 0 Å². The van der Waals surface area contributed by atoms with Gasteiger partial charge in [-0.05, 0) is 55.3 Å². The number of hydrogen-bond acceptors (Lipinski definition) is 4. The Balaban J connectivity index is 1.64. The predicted molar refractivity (Wildman–Crippen MR) is 113 cm³/mol. The Morgan fingerprint density at radius 3 is 2.72 bits per heavy atom. The third kappa shape index (κ3) is 5.48. The normalized spacial score (nSPS) is 11.0. The Hall–Kier alpha value is -3.54. The molecule has 0 aliphatic rings. The van der Waals surface area contributed by atoms with Crippen LogP contribution in [0.1, 0.15) is 25.0 Å². The number of nitrogens with one attached hydrogen (secondary N) is 1. The molecule has 150 valence electrons. The molecule has 0 aliphatic heterocycles. The fourth-order valence-electron chi connectivity index (χ4n) is 2.85. The maximum atomic E-state index is 12.3. The first-order valence-corrected chi connectivity index (χ1v) is 9.45. The van der Waals surface area contributed by atoms with E-state index in [4.69, 9.17) is 9.47 Å². The van der Waals surface area contributed by atoms with Crippen LogP contribution in [0.3, 0.4) is 0 Å². The van der Waals surface area contributed by atoms with Crippen LogP contribution in [0.2, 0.25) is 0 Å². The summed E-state index contributed by atoms with van der Waals surface area (Å²) in [5.41, 5.74) is 2.77. The molecule has 0 bridgehead atoms. The number of hydrogen-bond donors (Lipinski definition) is 1. The monoisotopic (exact) mass is 391 g/mol. The minimum absolute atomic E-state index is 0.0562. The topological polar surface area (TPSA) is 65.4 Å². The summed E-state index contributed by atoms with van der Waals surface area (Å²) < 4.78 is 12.9. The van der Waals surface area contributed by atoms with Crippen molar-refractivity contribution in [3.63, 3.8) is 0 Å². The highest BCUT2D eigenvalue weighted by atomic mass is 16.5. The molecule has 1 N–H and O–H groups in total. The molecule has 0 fully saturated rings. The number of ether oxygens (including phenoxy) is 2. The largest absolute Gasteiger partial charge is 0.493 e. The van der Waals surface area contributed by atoms with E-state index in [-0.39, 0.29) is 12.0 Å². The van der Waals surface area contributed by atoms with Gasteiger partial charge in [0.15, 0.2) is 11.5 Å². The molecular formula is C23H25N3O3. The van der Waals surface area contributed by atoms with Gasteiger partial charge in [0.25, 0.3) is 0 Å². The van der Waals surface area contributed by atoms with Gasteiger partial charge in [-0.2, -0.15) is 5.10 Å². The Bertz CT molecular complexity index is 979. The Morgan fingerprint density at radius 1 is 1.17 bits per heavy atom. The second-order valence-corrected chi connectivity index (χ2v) is 6.71. The highest BCUT2D eigenvalue weighted by Crippen LogP contribution is 2.29. The van der Waals surface area contributed by atoms with E-state index in [1.165, 1.54) is 6.08 Å². The number of nitrogens with zero attached hydrogens (tertiary/aromatic N) is 2. The summed E-state index contributed by atoms with van der Waals surface area (Å²) in [6.07, 6.45) is 6.91. The van der Waals surface area contributed by atoms with Crippen molar-refractivity contribution in [1.29, 1.82) is 0 Å². The molecule has 6 heteroatoms. The zero-order chi connectivity index (χ0) is 20.6. The average Bonchev–Trinajstić information content (AvgIpc) is 3.26. The van der Waals surface area contributed by atoms with Crippen LogP contribution in [0.5, 0.6) is 11.5 Å². The van der Waals surface area contributed by atoms with Gasteiger partial charge in [0.1, 0.15) is 0 Å². The highest BCUT2D eigenvalue weighted by molar-refractivity contribution is 5.91. The number of carbonyl (C=O) groups is 1. The molecule has 0 radical (unpaired) electrons. The lowest BCUT2D eigenvalue weighted by Crippen LogP contribution is -2.21. The first-order valence-electron chi connectivity index (χ1n) is 9.45. The molecular weight excluding hydrogens is 366 g/mol. The number of methoxy groups -OCH3 is 1. The van der Waals surface area contributed by atoms with Crippen molar-refractivity contribution in [3.05, 3.63) is 78.1 Å². The number of benzene rings is 2. The third-order valence-electron chi connectivity index (χ3n) is 4.17. The van der Waals surface area contributed by atoms with Crippen LogP contribution in [0.15, 0.2) is 67.0 Å². The zero-order valence-electron chi connectivity index (χ0n) is 16.8. The fraction of sp³-hybridized carbons (Fsp3) is 0.217. The number of para-hydroxylation sites is 1. The number of rotatable bonds is 8. The van der Waals surface area contributed by atoms with E-state index >= 15 is 0 Å². The van der Waals surface area contributed by atoms with Crippen LogP contribution in [0, 0.1) is 0 Å². The lowest BCUT2D eigenvalue weighted by atomic mass is 10.1. The molecule has 0 atom stereocenters. The average molecular weight is 391 g/mol. The molecule has 1 heterocycles. The Labute approximate surface area is 170 Å². The smallest absolute Gasteiger partial charge is 0.244 e. The predicted octanol–water partition coefficient (Wildman–Crippen LogP) is 4.00. The first kappa shape index (κ1) is 20.2. The van der Waals surface area contributed by atoms with Crippen LogP contribution >= 0.6 is 0 Å². The molecule has 3 rings (SSSR count). The summed E-state index contributed by atoms with van der Waals surface area (Å²) in [6, 6.07) is 15.3. The molecule has 0 unspecified atom stereocenters. The standard InChI is InChI=1S/C23H25N3O3/c1-17(2)29-21-11-9-18(15-22(21)28-3)10-12-23(27)24-16-19-7-4-5-8-20(19)26-14-6-13-25-26/h4-15,17H,16H2,1-3H3,(H,24,27)/b12-10+. The van der Waals surface area contributed by atoms with Gasteiger partial charge in [-0.3, -0.25) is 4.79 Å². The van der Waals surface area contributed by atoms with Crippen LogP contribution in [0.4, 0.5) is 0 Å². The molecule has 0 spiro atoms. The van der Waals surface area contributed by atoms with Crippen molar-refractivity contribution >= 4 is 12.0 Å². The SMILES string of the molecule is COc1cc(/C=C/C(=O)NCc2ccccc2-n2cccn2)ccc1OC(C)C. The molecule has 6 nitrogen and oxygen atoms in total.